The minimum atomic E-state index is -0.428. The molecule has 0 saturated heterocycles. The van der Waals surface area contributed by atoms with Gasteiger partial charge in [0.05, 0.1) is 5.92 Å². The Kier molecular flexibility index (Phi) is 4.78. The summed E-state index contributed by atoms with van der Waals surface area (Å²) in [7, 11) is 0. The smallest absolute Gasteiger partial charge is 0.310 e. The molecular formula is C12H25NO2. The first-order chi connectivity index (χ1) is 6.55. The Labute approximate surface area is 93.4 Å². The molecule has 0 aliphatic rings. The molecule has 0 radical (unpaired) electrons. The van der Waals surface area contributed by atoms with Crippen LogP contribution in [0.1, 0.15) is 48.0 Å². The minimum Gasteiger partial charge on any atom is -0.460 e. The normalized spacial score (nSPS) is 14.9. The quantitative estimate of drug-likeness (QED) is 0.735. The summed E-state index contributed by atoms with van der Waals surface area (Å²) in [5, 5.41) is 0. The standard InChI is InChI=1S/C12H25NO2/c1-11(2,3)7-9(8-13)10(14)15-12(4,5)6/h9H,7-8,13H2,1-6H3. The minimum absolute atomic E-state index is 0.0982. The summed E-state index contributed by atoms with van der Waals surface area (Å²) in [6.07, 6.45) is 0.762. The van der Waals surface area contributed by atoms with Crippen LogP contribution < -0.4 is 5.73 Å². The molecule has 0 rings (SSSR count). The van der Waals surface area contributed by atoms with Gasteiger partial charge in [-0.1, -0.05) is 20.8 Å². The van der Waals surface area contributed by atoms with Crippen molar-refractivity contribution in [1.82, 2.24) is 0 Å². The Bertz CT molecular complexity index is 211. The molecule has 1 unspecified atom stereocenters. The van der Waals surface area contributed by atoms with E-state index in [0.717, 1.165) is 6.42 Å². The largest absolute Gasteiger partial charge is 0.460 e. The molecule has 0 aliphatic heterocycles. The molecule has 0 bridgehead atoms. The molecule has 0 aromatic rings. The zero-order chi connectivity index (χ0) is 12.3. The highest BCUT2D eigenvalue weighted by molar-refractivity contribution is 5.73. The molecule has 0 saturated carbocycles. The molecule has 15 heavy (non-hydrogen) atoms. The topological polar surface area (TPSA) is 52.3 Å². The van der Waals surface area contributed by atoms with Crippen molar-refractivity contribution in [2.75, 3.05) is 6.54 Å². The Morgan fingerprint density at radius 1 is 1.20 bits per heavy atom. The van der Waals surface area contributed by atoms with Crippen LogP contribution in [-0.2, 0) is 9.53 Å². The van der Waals surface area contributed by atoms with E-state index in [2.05, 4.69) is 20.8 Å². The summed E-state index contributed by atoms with van der Waals surface area (Å²) < 4.78 is 5.32. The summed E-state index contributed by atoms with van der Waals surface area (Å²) >= 11 is 0. The molecule has 2 N–H and O–H groups in total. The fourth-order valence-electron chi connectivity index (χ4n) is 1.39. The lowest BCUT2D eigenvalue weighted by atomic mass is 9.84. The molecule has 90 valence electrons. The van der Waals surface area contributed by atoms with E-state index in [1.54, 1.807) is 0 Å². The van der Waals surface area contributed by atoms with Crippen molar-refractivity contribution in [3.8, 4) is 0 Å². The molecule has 0 aromatic heterocycles. The second-order valence-corrected chi connectivity index (χ2v) is 6.23. The first-order valence-corrected chi connectivity index (χ1v) is 5.48. The van der Waals surface area contributed by atoms with Gasteiger partial charge in [0.15, 0.2) is 0 Å². The second kappa shape index (κ2) is 4.97. The maximum absolute atomic E-state index is 11.8. The van der Waals surface area contributed by atoms with Crippen LogP contribution in [0.25, 0.3) is 0 Å². The van der Waals surface area contributed by atoms with Gasteiger partial charge in [0.1, 0.15) is 5.60 Å². The van der Waals surface area contributed by atoms with Crippen molar-refractivity contribution in [2.45, 2.75) is 53.6 Å². The Hall–Kier alpha value is -0.570. The van der Waals surface area contributed by atoms with E-state index in [0.29, 0.717) is 6.54 Å². The zero-order valence-corrected chi connectivity index (χ0v) is 10.9. The maximum atomic E-state index is 11.8. The van der Waals surface area contributed by atoms with Crippen molar-refractivity contribution < 1.29 is 9.53 Å². The van der Waals surface area contributed by atoms with Crippen LogP contribution in [0.2, 0.25) is 0 Å². The molecule has 0 amide bonds. The van der Waals surface area contributed by atoms with Crippen LogP contribution in [0.5, 0.6) is 0 Å². The van der Waals surface area contributed by atoms with Gasteiger partial charge in [-0.05, 0) is 32.6 Å². The molecule has 0 heterocycles. The predicted molar refractivity (Wildman–Crippen MR) is 62.5 cm³/mol. The van der Waals surface area contributed by atoms with Crippen molar-refractivity contribution in [2.24, 2.45) is 17.1 Å². The highest BCUT2D eigenvalue weighted by Gasteiger charge is 2.27. The zero-order valence-electron chi connectivity index (χ0n) is 10.9. The Balaban J connectivity index is 4.36. The number of rotatable bonds is 3. The third kappa shape index (κ3) is 7.37. The van der Waals surface area contributed by atoms with Crippen LogP contribution in [-0.4, -0.2) is 18.1 Å². The van der Waals surface area contributed by atoms with E-state index in [1.807, 2.05) is 20.8 Å². The summed E-state index contributed by atoms with van der Waals surface area (Å²) in [5.74, 6) is -0.371. The summed E-state index contributed by atoms with van der Waals surface area (Å²) in [4.78, 5) is 11.8. The number of ether oxygens (including phenoxy) is 1. The predicted octanol–water partition coefficient (Wildman–Crippen LogP) is 2.34. The van der Waals surface area contributed by atoms with E-state index in [4.69, 9.17) is 10.5 Å². The SMILES string of the molecule is CC(C)(C)CC(CN)C(=O)OC(C)(C)C. The number of hydrogen-bond acceptors (Lipinski definition) is 3. The third-order valence-corrected chi connectivity index (χ3v) is 1.88. The molecule has 0 aliphatic carbocycles. The van der Waals surface area contributed by atoms with Crippen LogP contribution in [0, 0.1) is 11.3 Å². The van der Waals surface area contributed by atoms with E-state index >= 15 is 0 Å². The monoisotopic (exact) mass is 215 g/mol. The number of nitrogens with two attached hydrogens (primary N) is 1. The van der Waals surface area contributed by atoms with Gasteiger partial charge in [0.2, 0.25) is 0 Å². The molecule has 0 fully saturated rings. The van der Waals surface area contributed by atoms with E-state index in [1.165, 1.54) is 0 Å². The fourth-order valence-corrected chi connectivity index (χ4v) is 1.39. The number of esters is 1. The Morgan fingerprint density at radius 3 is 1.93 bits per heavy atom. The number of hydrogen-bond donors (Lipinski definition) is 1. The van der Waals surface area contributed by atoms with Gasteiger partial charge >= 0.3 is 5.97 Å². The number of carbonyl (C=O) groups is 1. The highest BCUT2D eigenvalue weighted by atomic mass is 16.6. The lowest BCUT2D eigenvalue weighted by Crippen LogP contribution is -2.34. The van der Waals surface area contributed by atoms with Crippen molar-refractivity contribution >= 4 is 5.97 Å². The first-order valence-electron chi connectivity index (χ1n) is 5.48. The van der Waals surface area contributed by atoms with E-state index in [9.17, 15) is 4.79 Å². The third-order valence-electron chi connectivity index (χ3n) is 1.88. The molecule has 1 atom stereocenters. The lowest BCUT2D eigenvalue weighted by molar-refractivity contribution is -0.160. The van der Waals surface area contributed by atoms with Crippen LogP contribution in [0.15, 0.2) is 0 Å². The average molecular weight is 215 g/mol. The second-order valence-electron chi connectivity index (χ2n) is 6.23. The molecule has 3 nitrogen and oxygen atoms in total. The van der Waals surface area contributed by atoms with Gasteiger partial charge in [-0.15, -0.1) is 0 Å². The lowest BCUT2D eigenvalue weighted by Gasteiger charge is -2.27. The van der Waals surface area contributed by atoms with Gasteiger partial charge in [0.25, 0.3) is 0 Å². The van der Waals surface area contributed by atoms with E-state index < -0.39 is 5.60 Å². The van der Waals surface area contributed by atoms with E-state index in [-0.39, 0.29) is 17.3 Å². The van der Waals surface area contributed by atoms with Crippen molar-refractivity contribution in [1.29, 1.82) is 0 Å². The van der Waals surface area contributed by atoms with Gasteiger partial charge in [-0.25, -0.2) is 0 Å². The first kappa shape index (κ1) is 14.4. The van der Waals surface area contributed by atoms with Crippen molar-refractivity contribution in [3.63, 3.8) is 0 Å². The van der Waals surface area contributed by atoms with Gasteiger partial charge < -0.3 is 10.5 Å². The Morgan fingerprint density at radius 2 is 1.67 bits per heavy atom. The summed E-state index contributed by atoms with van der Waals surface area (Å²) in [6, 6.07) is 0. The molecule has 0 spiro atoms. The van der Waals surface area contributed by atoms with Crippen LogP contribution >= 0.6 is 0 Å². The van der Waals surface area contributed by atoms with Gasteiger partial charge in [-0.2, -0.15) is 0 Å². The van der Waals surface area contributed by atoms with Crippen molar-refractivity contribution in [3.05, 3.63) is 0 Å². The van der Waals surface area contributed by atoms with Gasteiger partial charge in [0, 0.05) is 6.54 Å². The maximum Gasteiger partial charge on any atom is 0.310 e. The average Bonchev–Trinajstić information content (AvgIpc) is 1.94. The van der Waals surface area contributed by atoms with Crippen LogP contribution in [0.3, 0.4) is 0 Å². The molecule has 3 heteroatoms. The van der Waals surface area contributed by atoms with Gasteiger partial charge in [-0.3, -0.25) is 4.79 Å². The summed E-state index contributed by atoms with van der Waals surface area (Å²) in [5.41, 5.74) is 5.27. The summed E-state index contributed by atoms with van der Waals surface area (Å²) in [6.45, 7) is 12.3. The molecular weight excluding hydrogens is 190 g/mol. The number of carbonyl (C=O) groups excluding carboxylic acids is 1. The van der Waals surface area contributed by atoms with Crippen LogP contribution in [0.4, 0.5) is 0 Å². The molecule has 0 aromatic carbocycles. The highest BCUT2D eigenvalue weighted by Crippen LogP contribution is 2.25. The fraction of sp³-hybridized carbons (Fsp3) is 0.917.